The summed E-state index contributed by atoms with van der Waals surface area (Å²) in [6, 6.07) is 0. The van der Waals surface area contributed by atoms with Crippen molar-refractivity contribution in [2.75, 3.05) is 0 Å². The summed E-state index contributed by atoms with van der Waals surface area (Å²) >= 11 is 0. The largest absolute Gasteiger partial charge is 0.335 e. The molecule has 3 nitrogen and oxygen atoms in total. The van der Waals surface area contributed by atoms with Gasteiger partial charge in [0.25, 0.3) is 0 Å². The maximum atomic E-state index is 4.84. The van der Waals surface area contributed by atoms with E-state index in [1.807, 2.05) is 0 Å². The summed E-state index contributed by atoms with van der Waals surface area (Å²) in [4.78, 5) is 4.07. The van der Waals surface area contributed by atoms with E-state index in [0.717, 1.165) is 12.2 Å². The molecule has 0 radical (unpaired) electrons. The van der Waals surface area contributed by atoms with Crippen molar-refractivity contribution in [2.45, 2.75) is 20.3 Å². The Labute approximate surface area is 66.1 Å². The smallest absolute Gasteiger partial charge is 0.250 e. The fourth-order valence-electron chi connectivity index (χ4n) is 0.798. The topological polar surface area (TPSA) is 38.9 Å². The van der Waals surface area contributed by atoms with Gasteiger partial charge in [-0.05, 0) is 12.0 Å². The molecule has 0 saturated carbocycles. The Morgan fingerprint density at radius 2 is 2.36 bits per heavy atom. The van der Waals surface area contributed by atoms with Crippen molar-refractivity contribution in [3.05, 3.63) is 18.3 Å². The van der Waals surface area contributed by atoms with E-state index in [1.54, 1.807) is 6.08 Å². The first-order valence-electron chi connectivity index (χ1n) is 3.67. The van der Waals surface area contributed by atoms with Gasteiger partial charge in [0.1, 0.15) is 0 Å². The maximum Gasteiger partial charge on any atom is 0.250 e. The molecule has 0 spiro atoms. The van der Waals surface area contributed by atoms with Crippen LogP contribution in [0.2, 0.25) is 0 Å². The highest BCUT2D eigenvalue weighted by Gasteiger charge is 2.04. The molecule has 0 unspecified atom stereocenters. The monoisotopic (exact) mass is 152 g/mol. The van der Waals surface area contributed by atoms with Crippen LogP contribution < -0.4 is 0 Å². The van der Waals surface area contributed by atoms with Gasteiger partial charge in [-0.25, -0.2) is 0 Å². The molecule has 3 heteroatoms. The zero-order chi connectivity index (χ0) is 8.27. The van der Waals surface area contributed by atoms with Crippen LogP contribution in [0.15, 0.2) is 11.1 Å². The third-order valence-electron chi connectivity index (χ3n) is 1.25. The quantitative estimate of drug-likeness (QED) is 0.664. The van der Waals surface area contributed by atoms with Crippen molar-refractivity contribution in [1.82, 2.24) is 10.1 Å². The van der Waals surface area contributed by atoms with Gasteiger partial charge in [-0.15, -0.1) is 0 Å². The lowest BCUT2D eigenvalue weighted by Gasteiger charge is -1.95. The second kappa shape index (κ2) is 3.32. The fourth-order valence-corrected chi connectivity index (χ4v) is 0.798. The number of rotatable bonds is 3. The van der Waals surface area contributed by atoms with Gasteiger partial charge in [0.05, 0.1) is 0 Å². The summed E-state index contributed by atoms with van der Waals surface area (Å²) in [5.41, 5.74) is 0. The number of hydrogen-bond acceptors (Lipinski definition) is 3. The zero-order valence-electron chi connectivity index (χ0n) is 6.87. The van der Waals surface area contributed by atoms with E-state index >= 15 is 0 Å². The average molecular weight is 152 g/mol. The molecule has 0 N–H and O–H groups in total. The Morgan fingerprint density at radius 1 is 1.64 bits per heavy atom. The molecule has 0 fully saturated rings. The minimum Gasteiger partial charge on any atom is -0.335 e. The standard InChI is InChI=1S/C8H12N2O/c1-4-8-9-7(10-11-8)5-6(2)3/h4,6H,1,5H2,2-3H3. The first-order valence-corrected chi connectivity index (χ1v) is 3.67. The number of nitrogens with zero attached hydrogens (tertiary/aromatic N) is 2. The molecule has 11 heavy (non-hydrogen) atoms. The molecule has 1 aromatic rings. The van der Waals surface area contributed by atoms with Crippen molar-refractivity contribution in [2.24, 2.45) is 5.92 Å². The fraction of sp³-hybridized carbons (Fsp3) is 0.500. The van der Waals surface area contributed by atoms with Crippen LogP contribution in [-0.4, -0.2) is 10.1 Å². The van der Waals surface area contributed by atoms with Crippen LogP contribution in [0.3, 0.4) is 0 Å². The van der Waals surface area contributed by atoms with Gasteiger partial charge in [-0.3, -0.25) is 0 Å². The molecule has 1 heterocycles. The van der Waals surface area contributed by atoms with Crippen LogP contribution in [0.1, 0.15) is 25.6 Å². The highest BCUT2D eigenvalue weighted by atomic mass is 16.5. The summed E-state index contributed by atoms with van der Waals surface area (Å²) < 4.78 is 4.84. The second-order valence-corrected chi connectivity index (χ2v) is 2.85. The predicted molar refractivity (Wildman–Crippen MR) is 42.9 cm³/mol. The van der Waals surface area contributed by atoms with Gasteiger partial charge < -0.3 is 4.52 Å². The van der Waals surface area contributed by atoms with Gasteiger partial charge in [0, 0.05) is 6.42 Å². The summed E-state index contributed by atoms with van der Waals surface area (Å²) in [5, 5.41) is 3.77. The lowest BCUT2D eigenvalue weighted by molar-refractivity contribution is 0.399. The first kappa shape index (κ1) is 7.98. The molecule has 60 valence electrons. The van der Waals surface area contributed by atoms with Gasteiger partial charge in [-0.2, -0.15) is 4.98 Å². The normalized spacial score (nSPS) is 10.5. The number of hydrogen-bond donors (Lipinski definition) is 0. The predicted octanol–water partition coefficient (Wildman–Crippen LogP) is 1.91. The van der Waals surface area contributed by atoms with E-state index in [9.17, 15) is 0 Å². The summed E-state index contributed by atoms with van der Waals surface area (Å²) in [5.74, 6) is 1.82. The third-order valence-corrected chi connectivity index (χ3v) is 1.25. The Morgan fingerprint density at radius 3 is 2.82 bits per heavy atom. The Bertz CT molecular complexity index is 240. The van der Waals surface area contributed by atoms with Crippen LogP contribution >= 0.6 is 0 Å². The van der Waals surface area contributed by atoms with Crippen LogP contribution in [0.4, 0.5) is 0 Å². The highest BCUT2D eigenvalue weighted by molar-refractivity contribution is 5.32. The highest BCUT2D eigenvalue weighted by Crippen LogP contribution is 2.04. The van der Waals surface area contributed by atoms with Crippen molar-refractivity contribution in [3.8, 4) is 0 Å². The summed E-state index contributed by atoms with van der Waals surface area (Å²) in [6.07, 6.45) is 2.41. The van der Waals surface area contributed by atoms with Crippen molar-refractivity contribution in [3.63, 3.8) is 0 Å². The van der Waals surface area contributed by atoms with E-state index in [4.69, 9.17) is 4.52 Å². The van der Waals surface area contributed by atoms with E-state index < -0.39 is 0 Å². The van der Waals surface area contributed by atoms with Crippen molar-refractivity contribution in [1.29, 1.82) is 0 Å². The van der Waals surface area contributed by atoms with Crippen LogP contribution in [0.5, 0.6) is 0 Å². The molecule has 0 aromatic carbocycles. The van der Waals surface area contributed by atoms with E-state index in [0.29, 0.717) is 11.8 Å². The molecule has 0 aliphatic heterocycles. The van der Waals surface area contributed by atoms with E-state index in [2.05, 4.69) is 30.6 Å². The van der Waals surface area contributed by atoms with Gasteiger partial charge in [0.2, 0.25) is 5.89 Å². The lowest BCUT2D eigenvalue weighted by Crippen LogP contribution is -1.95. The van der Waals surface area contributed by atoms with Crippen molar-refractivity contribution < 1.29 is 4.52 Å². The van der Waals surface area contributed by atoms with Gasteiger partial charge in [0.15, 0.2) is 5.82 Å². The minimum absolute atomic E-state index is 0.501. The molecule has 0 amide bonds. The molecule has 0 aliphatic rings. The van der Waals surface area contributed by atoms with E-state index in [-0.39, 0.29) is 0 Å². The van der Waals surface area contributed by atoms with Gasteiger partial charge >= 0.3 is 0 Å². The molecular formula is C8H12N2O. The Hall–Kier alpha value is -1.12. The summed E-state index contributed by atoms with van der Waals surface area (Å²) in [7, 11) is 0. The second-order valence-electron chi connectivity index (χ2n) is 2.85. The molecular weight excluding hydrogens is 140 g/mol. The van der Waals surface area contributed by atoms with Crippen LogP contribution in [-0.2, 0) is 6.42 Å². The number of aromatic nitrogens is 2. The zero-order valence-corrected chi connectivity index (χ0v) is 6.87. The molecule has 1 rings (SSSR count). The third kappa shape index (κ3) is 2.18. The molecule has 1 aromatic heterocycles. The van der Waals surface area contributed by atoms with Crippen LogP contribution in [0.25, 0.3) is 6.08 Å². The van der Waals surface area contributed by atoms with Crippen LogP contribution in [0, 0.1) is 5.92 Å². The lowest BCUT2D eigenvalue weighted by atomic mass is 10.1. The SMILES string of the molecule is C=Cc1nc(CC(C)C)no1. The molecule has 0 atom stereocenters. The Balaban J connectivity index is 2.65. The van der Waals surface area contributed by atoms with Gasteiger partial charge in [-0.1, -0.05) is 25.6 Å². The first-order chi connectivity index (χ1) is 5.22. The maximum absolute atomic E-state index is 4.84. The molecule has 0 bridgehead atoms. The minimum atomic E-state index is 0.501. The summed E-state index contributed by atoms with van der Waals surface area (Å²) in [6.45, 7) is 7.76. The molecule has 0 saturated heterocycles. The Kier molecular flexibility index (Phi) is 2.41. The van der Waals surface area contributed by atoms with E-state index in [1.165, 1.54) is 0 Å². The van der Waals surface area contributed by atoms with Crippen molar-refractivity contribution >= 4 is 6.08 Å². The molecule has 0 aliphatic carbocycles. The average Bonchev–Trinajstić information content (AvgIpc) is 2.34.